The Morgan fingerprint density at radius 2 is 1.79 bits per heavy atom. The van der Waals surface area contributed by atoms with Gasteiger partial charge in [0.05, 0.1) is 5.56 Å². The van der Waals surface area contributed by atoms with E-state index in [1.807, 2.05) is 0 Å². The first kappa shape index (κ1) is 21.4. The van der Waals surface area contributed by atoms with Gasteiger partial charge in [-0.25, -0.2) is 18.0 Å². The van der Waals surface area contributed by atoms with Crippen LogP contribution in [0.2, 0.25) is 0 Å². The Bertz CT molecular complexity index is 854. The molecule has 3 rings (SSSR count). The third-order valence-corrected chi connectivity index (χ3v) is 4.77. The van der Waals surface area contributed by atoms with Crippen LogP contribution in [0, 0.1) is 23.4 Å². The molecule has 1 saturated heterocycles. The number of ether oxygens (including phenoxy) is 1. The first-order valence-corrected chi connectivity index (χ1v) is 9.67. The summed E-state index contributed by atoms with van der Waals surface area (Å²) in [7, 11) is -0.691. The molecule has 1 aliphatic heterocycles. The molecule has 0 aliphatic carbocycles. The van der Waals surface area contributed by atoms with Crippen LogP contribution < -0.4 is 10.2 Å². The third kappa shape index (κ3) is 5.61. The van der Waals surface area contributed by atoms with Gasteiger partial charge < -0.3 is 14.0 Å². The highest BCUT2D eigenvalue weighted by Crippen LogP contribution is 2.19. The molecule has 0 aromatic heterocycles. The van der Waals surface area contributed by atoms with Crippen LogP contribution in [0.15, 0.2) is 36.4 Å². The maximum atomic E-state index is 14.4. The molecule has 0 unspecified atom stereocenters. The number of unbranched alkanes of at least 4 members (excludes halogenated alkanes) is 2. The fraction of sp³-hybridized carbons (Fsp3) is 0.381. The van der Waals surface area contributed by atoms with Crippen LogP contribution >= 0.6 is 0 Å². The van der Waals surface area contributed by atoms with E-state index in [2.05, 4.69) is 6.92 Å². The normalized spacial score (nSPS) is 14.8. The van der Waals surface area contributed by atoms with Crippen molar-refractivity contribution in [3.05, 3.63) is 59.4 Å². The number of benzene rings is 2. The number of halogens is 3. The number of carbonyl (C=O) groups is 1. The van der Waals surface area contributed by atoms with Crippen molar-refractivity contribution in [1.82, 2.24) is 0 Å². The minimum absolute atomic E-state index is 0.217. The van der Waals surface area contributed by atoms with E-state index < -0.39 is 30.5 Å². The van der Waals surface area contributed by atoms with Crippen LogP contribution in [0.5, 0.6) is 5.75 Å². The molecular formula is C21H22BF3O4. The summed E-state index contributed by atoms with van der Waals surface area (Å²) >= 11 is 0. The molecule has 1 heterocycles. The van der Waals surface area contributed by atoms with Crippen LogP contribution in [0.3, 0.4) is 0 Å². The highest BCUT2D eigenvalue weighted by Gasteiger charge is 2.30. The molecule has 154 valence electrons. The van der Waals surface area contributed by atoms with E-state index in [9.17, 15) is 18.0 Å². The second-order valence-corrected chi connectivity index (χ2v) is 7.07. The van der Waals surface area contributed by atoms with Gasteiger partial charge in [0, 0.05) is 25.2 Å². The van der Waals surface area contributed by atoms with Crippen molar-refractivity contribution in [2.45, 2.75) is 32.6 Å². The SMILES string of the molecule is CCCCCC1COB(c2ccc(C(=O)Oc3ccc(F)c(F)c3)c(F)c2)OC1. The van der Waals surface area contributed by atoms with Gasteiger partial charge in [0.25, 0.3) is 0 Å². The fourth-order valence-corrected chi connectivity index (χ4v) is 3.13. The predicted molar refractivity (Wildman–Crippen MR) is 103 cm³/mol. The topological polar surface area (TPSA) is 44.8 Å². The Labute approximate surface area is 168 Å². The number of hydrogen-bond donors (Lipinski definition) is 0. The smallest absolute Gasteiger partial charge is 0.423 e. The highest BCUT2D eigenvalue weighted by molar-refractivity contribution is 6.61. The standard InChI is InChI=1S/C21H22BF3O4/c1-2-3-4-5-14-12-27-22(28-13-14)15-6-8-17(19(24)10-15)21(26)29-16-7-9-18(23)20(25)11-16/h6-11,14H,2-5,12-13H2,1H3. The molecule has 0 N–H and O–H groups in total. The predicted octanol–water partition coefficient (Wildman–Crippen LogP) is 4.26. The lowest BCUT2D eigenvalue weighted by Crippen LogP contribution is -2.44. The zero-order chi connectivity index (χ0) is 20.8. The summed E-state index contributed by atoms with van der Waals surface area (Å²) in [5, 5.41) is 0. The molecule has 1 fully saturated rings. The molecular weight excluding hydrogens is 384 g/mol. The Morgan fingerprint density at radius 1 is 1.03 bits per heavy atom. The summed E-state index contributed by atoms with van der Waals surface area (Å²) in [5.41, 5.74) is 0.130. The zero-order valence-electron chi connectivity index (χ0n) is 16.1. The van der Waals surface area contributed by atoms with Crippen molar-refractivity contribution in [2.24, 2.45) is 5.92 Å². The van der Waals surface area contributed by atoms with E-state index in [1.54, 1.807) is 0 Å². The van der Waals surface area contributed by atoms with Crippen LogP contribution in [0.4, 0.5) is 13.2 Å². The maximum absolute atomic E-state index is 14.4. The minimum atomic E-state index is -1.16. The molecule has 29 heavy (non-hydrogen) atoms. The molecule has 0 amide bonds. The van der Waals surface area contributed by atoms with E-state index in [0.717, 1.165) is 43.5 Å². The Morgan fingerprint density at radius 3 is 2.45 bits per heavy atom. The minimum Gasteiger partial charge on any atom is -0.423 e. The lowest BCUT2D eigenvalue weighted by Gasteiger charge is -2.27. The van der Waals surface area contributed by atoms with Gasteiger partial charge in [-0.2, -0.15) is 0 Å². The van der Waals surface area contributed by atoms with Gasteiger partial charge in [-0.1, -0.05) is 32.3 Å². The third-order valence-electron chi connectivity index (χ3n) is 4.77. The van der Waals surface area contributed by atoms with Crippen molar-refractivity contribution in [2.75, 3.05) is 13.2 Å². The average Bonchev–Trinajstić information content (AvgIpc) is 2.71. The Kier molecular flexibility index (Phi) is 7.33. The second kappa shape index (κ2) is 9.94. The zero-order valence-corrected chi connectivity index (χ0v) is 16.1. The maximum Gasteiger partial charge on any atom is 0.493 e. The molecule has 2 aromatic rings. The summed E-state index contributed by atoms with van der Waals surface area (Å²) in [6, 6.07) is 6.57. The number of rotatable bonds is 7. The van der Waals surface area contributed by atoms with E-state index in [0.29, 0.717) is 24.6 Å². The van der Waals surface area contributed by atoms with E-state index >= 15 is 0 Å². The van der Waals surface area contributed by atoms with Crippen molar-refractivity contribution in [3.63, 3.8) is 0 Å². The van der Waals surface area contributed by atoms with Crippen molar-refractivity contribution in [3.8, 4) is 5.75 Å². The molecule has 0 atom stereocenters. The van der Waals surface area contributed by atoms with Crippen LogP contribution in [0.1, 0.15) is 43.0 Å². The fourth-order valence-electron chi connectivity index (χ4n) is 3.13. The lowest BCUT2D eigenvalue weighted by molar-refractivity contribution is 0.0728. The van der Waals surface area contributed by atoms with Gasteiger partial charge in [0.2, 0.25) is 0 Å². The molecule has 1 aliphatic rings. The monoisotopic (exact) mass is 406 g/mol. The molecule has 4 nitrogen and oxygen atoms in total. The van der Waals surface area contributed by atoms with Crippen molar-refractivity contribution >= 4 is 18.6 Å². The molecule has 0 saturated carbocycles. The van der Waals surface area contributed by atoms with Gasteiger partial charge in [0.15, 0.2) is 11.6 Å². The van der Waals surface area contributed by atoms with Gasteiger partial charge in [-0.3, -0.25) is 0 Å². The van der Waals surface area contributed by atoms with Gasteiger partial charge in [-0.15, -0.1) is 0 Å². The van der Waals surface area contributed by atoms with Gasteiger partial charge in [-0.05, 0) is 36.1 Å². The van der Waals surface area contributed by atoms with E-state index in [4.69, 9.17) is 14.0 Å². The van der Waals surface area contributed by atoms with Crippen molar-refractivity contribution < 1.29 is 32.0 Å². The summed E-state index contributed by atoms with van der Waals surface area (Å²) in [6.07, 6.45) is 4.49. The Hall–Kier alpha value is -2.32. The number of esters is 1. The average molecular weight is 406 g/mol. The Balaban J connectivity index is 1.60. The lowest BCUT2D eigenvalue weighted by atomic mass is 9.77. The summed E-state index contributed by atoms with van der Waals surface area (Å²) < 4.78 is 56.9. The summed E-state index contributed by atoms with van der Waals surface area (Å²) in [6.45, 7) is 3.22. The highest BCUT2D eigenvalue weighted by atomic mass is 19.2. The number of carbonyl (C=O) groups excluding carboxylic acids is 1. The van der Waals surface area contributed by atoms with Gasteiger partial charge in [0.1, 0.15) is 11.6 Å². The van der Waals surface area contributed by atoms with E-state index in [1.165, 1.54) is 18.6 Å². The second-order valence-electron chi connectivity index (χ2n) is 7.07. The van der Waals surface area contributed by atoms with Crippen LogP contribution in [-0.2, 0) is 9.31 Å². The van der Waals surface area contributed by atoms with Crippen LogP contribution in [-0.4, -0.2) is 26.3 Å². The molecule has 0 radical (unpaired) electrons. The summed E-state index contributed by atoms with van der Waals surface area (Å²) in [5.74, 6) is -3.95. The molecule has 2 aromatic carbocycles. The van der Waals surface area contributed by atoms with Crippen molar-refractivity contribution in [1.29, 1.82) is 0 Å². The molecule has 0 bridgehead atoms. The molecule has 8 heteroatoms. The van der Waals surface area contributed by atoms with E-state index in [-0.39, 0.29) is 11.3 Å². The van der Waals surface area contributed by atoms with Gasteiger partial charge >= 0.3 is 13.1 Å². The quantitative estimate of drug-likeness (QED) is 0.298. The van der Waals surface area contributed by atoms with Crippen LogP contribution in [0.25, 0.3) is 0 Å². The number of hydrogen-bond acceptors (Lipinski definition) is 4. The largest absolute Gasteiger partial charge is 0.493 e. The molecule has 0 spiro atoms. The summed E-state index contributed by atoms with van der Waals surface area (Å²) in [4.78, 5) is 12.1. The first-order chi connectivity index (χ1) is 14.0. The first-order valence-electron chi connectivity index (χ1n) is 9.67.